The number of hydrogen-bond acceptors (Lipinski definition) is 3. The van der Waals surface area contributed by atoms with Crippen LogP contribution in [0.1, 0.15) is 30.2 Å². The van der Waals surface area contributed by atoms with E-state index in [-0.39, 0.29) is 5.91 Å². The lowest BCUT2D eigenvalue weighted by Crippen LogP contribution is -2.40. The van der Waals surface area contributed by atoms with Crippen LogP contribution in [0.2, 0.25) is 0 Å². The largest absolute Gasteiger partial charge is 0.481 e. The highest BCUT2D eigenvalue weighted by Gasteiger charge is 2.35. The molecule has 5 heteroatoms. The van der Waals surface area contributed by atoms with Crippen molar-refractivity contribution in [3.63, 3.8) is 0 Å². The second-order valence-corrected chi connectivity index (χ2v) is 5.86. The van der Waals surface area contributed by atoms with E-state index in [0.717, 1.165) is 5.56 Å². The maximum absolute atomic E-state index is 12.7. The van der Waals surface area contributed by atoms with Gasteiger partial charge in [-0.2, -0.15) is 0 Å². The summed E-state index contributed by atoms with van der Waals surface area (Å²) in [6.07, 6.45) is 6.06. The third-order valence-electron chi connectivity index (χ3n) is 4.33. The van der Waals surface area contributed by atoms with Crippen LogP contribution in [0.3, 0.4) is 0 Å². The molecule has 1 aliphatic rings. The molecule has 1 aromatic heterocycles. The maximum atomic E-state index is 12.7. The first kappa shape index (κ1) is 16.1. The summed E-state index contributed by atoms with van der Waals surface area (Å²) in [6, 6.07) is 12.6. The van der Waals surface area contributed by atoms with E-state index >= 15 is 0 Å². The second kappa shape index (κ2) is 7.17. The number of carboxylic acid groups (broad SMARTS) is 1. The van der Waals surface area contributed by atoms with Gasteiger partial charge in [0.05, 0.1) is 18.1 Å². The monoisotopic (exact) mass is 325 g/mol. The van der Waals surface area contributed by atoms with E-state index in [0.29, 0.717) is 18.6 Å². The Hall–Kier alpha value is -2.82. The predicted octanol–water partition coefficient (Wildman–Crippen LogP) is 3.15. The SMILES string of the molecule is O=C(O)C1CC=CCC1C(=O)NC(c1ccccc1)c1ccco1. The molecule has 0 spiro atoms. The van der Waals surface area contributed by atoms with Gasteiger partial charge in [0.15, 0.2) is 0 Å². The van der Waals surface area contributed by atoms with Crippen LogP contribution < -0.4 is 5.32 Å². The van der Waals surface area contributed by atoms with Crippen molar-refractivity contribution in [3.05, 3.63) is 72.2 Å². The molecule has 0 radical (unpaired) electrons. The van der Waals surface area contributed by atoms with Crippen LogP contribution in [0.4, 0.5) is 0 Å². The van der Waals surface area contributed by atoms with Gasteiger partial charge in [-0.15, -0.1) is 0 Å². The lowest BCUT2D eigenvalue weighted by atomic mass is 9.82. The van der Waals surface area contributed by atoms with E-state index in [1.807, 2.05) is 42.5 Å². The number of carbonyl (C=O) groups excluding carboxylic acids is 1. The number of carbonyl (C=O) groups is 2. The zero-order valence-electron chi connectivity index (χ0n) is 13.1. The van der Waals surface area contributed by atoms with Crippen molar-refractivity contribution in [1.29, 1.82) is 0 Å². The molecule has 0 saturated carbocycles. The number of aliphatic carboxylic acids is 1. The molecule has 2 N–H and O–H groups in total. The van der Waals surface area contributed by atoms with Crippen molar-refractivity contribution in [1.82, 2.24) is 5.32 Å². The Morgan fingerprint density at radius 3 is 2.38 bits per heavy atom. The van der Waals surface area contributed by atoms with Gasteiger partial charge in [-0.3, -0.25) is 9.59 Å². The molecule has 0 aliphatic heterocycles. The average molecular weight is 325 g/mol. The van der Waals surface area contributed by atoms with Crippen LogP contribution in [-0.4, -0.2) is 17.0 Å². The van der Waals surface area contributed by atoms with Crippen LogP contribution in [0.25, 0.3) is 0 Å². The summed E-state index contributed by atoms with van der Waals surface area (Å²) in [5.74, 6) is -1.85. The molecule has 3 rings (SSSR count). The first-order valence-electron chi connectivity index (χ1n) is 7.93. The summed E-state index contributed by atoms with van der Waals surface area (Å²) in [7, 11) is 0. The molecule has 1 aliphatic carbocycles. The molecule has 0 bridgehead atoms. The topological polar surface area (TPSA) is 79.5 Å². The van der Waals surface area contributed by atoms with E-state index < -0.39 is 23.8 Å². The van der Waals surface area contributed by atoms with Crippen molar-refractivity contribution >= 4 is 11.9 Å². The molecule has 2 aromatic rings. The number of allylic oxidation sites excluding steroid dienone is 2. The molecule has 5 nitrogen and oxygen atoms in total. The van der Waals surface area contributed by atoms with E-state index in [2.05, 4.69) is 5.32 Å². The van der Waals surface area contributed by atoms with E-state index in [4.69, 9.17) is 4.42 Å². The van der Waals surface area contributed by atoms with E-state index in [1.54, 1.807) is 18.4 Å². The first-order valence-corrected chi connectivity index (χ1v) is 7.93. The summed E-state index contributed by atoms with van der Waals surface area (Å²) >= 11 is 0. The maximum Gasteiger partial charge on any atom is 0.307 e. The van der Waals surface area contributed by atoms with Gasteiger partial charge in [0.1, 0.15) is 11.8 Å². The van der Waals surface area contributed by atoms with Crippen molar-refractivity contribution in [3.8, 4) is 0 Å². The number of amides is 1. The molecule has 0 fully saturated rings. The van der Waals surface area contributed by atoms with Crippen LogP contribution in [-0.2, 0) is 9.59 Å². The predicted molar refractivity (Wildman–Crippen MR) is 88.1 cm³/mol. The molecular formula is C19H19NO4. The Balaban J connectivity index is 1.84. The lowest BCUT2D eigenvalue weighted by Gasteiger charge is -2.26. The minimum Gasteiger partial charge on any atom is -0.481 e. The highest BCUT2D eigenvalue weighted by Crippen LogP contribution is 2.28. The van der Waals surface area contributed by atoms with Crippen LogP contribution in [0.5, 0.6) is 0 Å². The fourth-order valence-corrected chi connectivity index (χ4v) is 3.05. The molecule has 124 valence electrons. The number of furan rings is 1. The number of hydrogen-bond donors (Lipinski definition) is 2. The fraction of sp³-hybridized carbons (Fsp3) is 0.263. The van der Waals surface area contributed by atoms with Crippen LogP contribution in [0.15, 0.2) is 65.3 Å². The summed E-state index contributed by atoms with van der Waals surface area (Å²) in [6.45, 7) is 0. The Morgan fingerprint density at radius 2 is 1.75 bits per heavy atom. The second-order valence-electron chi connectivity index (χ2n) is 5.86. The molecular weight excluding hydrogens is 306 g/mol. The first-order chi connectivity index (χ1) is 11.7. The summed E-state index contributed by atoms with van der Waals surface area (Å²) < 4.78 is 5.47. The number of rotatable bonds is 5. The number of benzene rings is 1. The third-order valence-corrected chi connectivity index (χ3v) is 4.33. The van der Waals surface area contributed by atoms with Gasteiger partial charge in [0.25, 0.3) is 0 Å². The molecule has 24 heavy (non-hydrogen) atoms. The van der Waals surface area contributed by atoms with Gasteiger partial charge in [-0.25, -0.2) is 0 Å². The lowest BCUT2D eigenvalue weighted by molar-refractivity contribution is -0.147. The van der Waals surface area contributed by atoms with Gasteiger partial charge >= 0.3 is 5.97 Å². The van der Waals surface area contributed by atoms with Crippen LogP contribution in [0, 0.1) is 11.8 Å². The summed E-state index contributed by atoms with van der Waals surface area (Å²) in [5.41, 5.74) is 0.888. The van der Waals surface area contributed by atoms with E-state index in [1.165, 1.54) is 0 Å². The normalized spacial score (nSPS) is 21.2. The summed E-state index contributed by atoms with van der Waals surface area (Å²) in [5, 5.41) is 12.3. The highest BCUT2D eigenvalue weighted by atomic mass is 16.4. The van der Waals surface area contributed by atoms with Crippen molar-refractivity contribution in [2.75, 3.05) is 0 Å². The average Bonchev–Trinajstić information content (AvgIpc) is 3.14. The minimum absolute atomic E-state index is 0.267. The molecule has 1 heterocycles. The smallest absolute Gasteiger partial charge is 0.307 e. The molecule has 3 unspecified atom stereocenters. The Morgan fingerprint density at radius 1 is 1.04 bits per heavy atom. The zero-order valence-corrected chi connectivity index (χ0v) is 13.1. The standard InChI is InChI=1S/C19H19NO4/c21-18(14-9-4-5-10-15(14)19(22)23)20-17(16-11-6-12-24-16)13-7-2-1-3-8-13/h1-8,11-12,14-15,17H,9-10H2,(H,20,21)(H,22,23). The van der Waals surface area contributed by atoms with Crippen molar-refractivity contribution in [2.45, 2.75) is 18.9 Å². The fourth-order valence-electron chi connectivity index (χ4n) is 3.05. The Bertz CT molecular complexity index is 721. The Labute approximate surface area is 140 Å². The van der Waals surface area contributed by atoms with Gasteiger partial charge in [0, 0.05) is 0 Å². The summed E-state index contributed by atoms with van der Waals surface area (Å²) in [4.78, 5) is 24.2. The quantitative estimate of drug-likeness (QED) is 0.828. The van der Waals surface area contributed by atoms with Gasteiger partial charge in [-0.1, -0.05) is 42.5 Å². The molecule has 0 saturated heterocycles. The molecule has 1 amide bonds. The van der Waals surface area contributed by atoms with Crippen molar-refractivity contribution in [2.24, 2.45) is 11.8 Å². The van der Waals surface area contributed by atoms with Gasteiger partial charge in [-0.05, 0) is 30.5 Å². The number of carboxylic acids is 1. The molecule has 3 atom stereocenters. The van der Waals surface area contributed by atoms with Gasteiger partial charge in [0.2, 0.25) is 5.91 Å². The van der Waals surface area contributed by atoms with Crippen LogP contribution >= 0.6 is 0 Å². The number of nitrogens with one attached hydrogen (secondary N) is 1. The highest BCUT2D eigenvalue weighted by molar-refractivity contribution is 5.85. The van der Waals surface area contributed by atoms with E-state index in [9.17, 15) is 14.7 Å². The molecule has 1 aromatic carbocycles. The van der Waals surface area contributed by atoms with Crippen molar-refractivity contribution < 1.29 is 19.1 Å². The van der Waals surface area contributed by atoms with Gasteiger partial charge < -0.3 is 14.8 Å². The minimum atomic E-state index is -0.936. The third kappa shape index (κ3) is 3.40. The zero-order chi connectivity index (χ0) is 16.9. The Kier molecular flexibility index (Phi) is 4.79.